The molecule has 200 valence electrons. The summed E-state index contributed by atoms with van der Waals surface area (Å²) in [6, 6.07) is 14.5. The molecule has 1 aliphatic carbocycles. The van der Waals surface area contributed by atoms with E-state index in [1.54, 1.807) is 0 Å². The van der Waals surface area contributed by atoms with E-state index in [2.05, 4.69) is 52.5 Å². The molecule has 1 fully saturated rings. The van der Waals surface area contributed by atoms with Crippen molar-refractivity contribution in [2.45, 2.75) is 65.5 Å². The smallest absolute Gasteiger partial charge is 0.273 e. The number of ether oxygens (including phenoxy) is 1. The number of hydrogen-bond donors (Lipinski definition) is 1. The molecule has 1 aliphatic heterocycles. The summed E-state index contributed by atoms with van der Waals surface area (Å²) in [4.78, 5) is 32.3. The van der Waals surface area contributed by atoms with Gasteiger partial charge in [-0.1, -0.05) is 62.6 Å². The van der Waals surface area contributed by atoms with E-state index in [0.29, 0.717) is 24.1 Å². The predicted molar refractivity (Wildman–Crippen MR) is 145 cm³/mol. The van der Waals surface area contributed by atoms with E-state index in [-0.39, 0.29) is 36.1 Å². The van der Waals surface area contributed by atoms with Crippen LogP contribution in [0.4, 0.5) is 0 Å². The normalized spacial score (nSPS) is 17.5. The summed E-state index contributed by atoms with van der Waals surface area (Å²) in [7, 11) is 0. The van der Waals surface area contributed by atoms with Crippen LogP contribution >= 0.6 is 0 Å². The molecule has 5 rings (SSSR count). The Bertz CT molecular complexity index is 1270. The molecular formula is C31H37N3O4. The second-order valence-corrected chi connectivity index (χ2v) is 11.0. The lowest BCUT2D eigenvalue weighted by Crippen LogP contribution is -2.43. The molecule has 1 atom stereocenters. The average Bonchev–Trinajstić information content (AvgIpc) is 3.63. The maximum absolute atomic E-state index is 13.6. The third kappa shape index (κ3) is 5.77. The molecule has 1 saturated carbocycles. The monoisotopic (exact) mass is 515 g/mol. The van der Waals surface area contributed by atoms with Crippen molar-refractivity contribution in [3.05, 3.63) is 82.6 Å². The Morgan fingerprint density at radius 2 is 1.89 bits per heavy atom. The number of amides is 2. The fraction of sp³-hybridized carbons (Fsp3) is 0.452. The van der Waals surface area contributed by atoms with Crippen molar-refractivity contribution in [2.24, 2.45) is 11.8 Å². The Balaban J connectivity index is 1.36. The van der Waals surface area contributed by atoms with Gasteiger partial charge in [-0.15, -0.1) is 0 Å². The fourth-order valence-electron chi connectivity index (χ4n) is 5.45. The second kappa shape index (κ2) is 11.4. The van der Waals surface area contributed by atoms with Crippen LogP contribution in [0, 0.1) is 18.8 Å². The Hall–Kier alpha value is -3.61. The van der Waals surface area contributed by atoms with Crippen LogP contribution in [0.15, 0.2) is 53.1 Å². The maximum atomic E-state index is 13.6. The SMILES string of the molecule is Cc1ccc([C@H]2c3cc(OCc4nc(C(=O)NCC(C)C)co4)ccc3CCN2C(=O)C2CCCC2)cc1. The molecule has 0 spiro atoms. The first-order chi connectivity index (χ1) is 18.4. The third-order valence-electron chi connectivity index (χ3n) is 7.54. The molecule has 7 heteroatoms. The molecule has 3 aromatic rings. The van der Waals surface area contributed by atoms with Gasteiger partial charge in [-0.3, -0.25) is 9.59 Å². The highest BCUT2D eigenvalue weighted by molar-refractivity contribution is 5.91. The number of carbonyl (C=O) groups excluding carboxylic acids is 2. The zero-order valence-electron chi connectivity index (χ0n) is 22.5. The molecule has 0 saturated heterocycles. The molecule has 1 N–H and O–H groups in total. The van der Waals surface area contributed by atoms with Crippen LogP contribution in [0.2, 0.25) is 0 Å². The van der Waals surface area contributed by atoms with Gasteiger partial charge in [-0.25, -0.2) is 4.98 Å². The molecule has 2 heterocycles. The summed E-state index contributed by atoms with van der Waals surface area (Å²) in [6.07, 6.45) is 6.43. The molecular weight excluding hydrogens is 478 g/mol. The first-order valence-electron chi connectivity index (χ1n) is 13.7. The standard InChI is InChI=1S/C31H37N3O4/c1-20(2)17-32-30(35)27-18-38-28(33-27)19-37-25-13-12-22-14-15-34(31(36)24-6-4-5-7-24)29(26(22)16-25)23-10-8-21(3)9-11-23/h8-13,16,18,20,24,29H,4-7,14-15,17,19H2,1-3H3,(H,32,35)/t29-/m0/s1. The minimum atomic E-state index is -0.254. The summed E-state index contributed by atoms with van der Waals surface area (Å²) < 4.78 is 11.5. The van der Waals surface area contributed by atoms with Gasteiger partial charge >= 0.3 is 0 Å². The molecule has 2 amide bonds. The highest BCUT2D eigenvalue weighted by atomic mass is 16.5. The van der Waals surface area contributed by atoms with Gasteiger partial charge in [-0.2, -0.15) is 0 Å². The van der Waals surface area contributed by atoms with Crippen molar-refractivity contribution in [1.82, 2.24) is 15.2 Å². The third-order valence-corrected chi connectivity index (χ3v) is 7.54. The van der Waals surface area contributed by atoms with Crippen LogP contribution in [-0.2, 0) is 17.8 Å². The highest BCUT2D eigenvalue weighted by Gasteiger charge is 2.36. The number of fused-ring (bicyclic) bond motifs is 1. The maximum Gasteiger partial charge on any atom is 0.273 e. The van der Waals surface area contributed by atoms with Gasteiger partial charge in [0.25, 0.3) is 5.91 Å². The first-order valence-corrected chi connectivity index (χ1v) is 13.7. The van der Waals surface area contributed by atoms with E-state index in [1.807, 2.05) is 26.0 Å². The number of aryl methyl sites for hydroxylation is 1. The van der Waals surface area contributed by atoms with Gasteiger partial charge in [0.2, 0.25) is 11.8 Å². The summed E-state index contributed by atoms with van der Waals surface area (Å²) in [6.45, 7) is 7.56. The molecule has 7 nitrogen and oxygen atoms in total. The molecule has 0 radical (unpaired) electrons. The van der Waals surface area contributed by atoms with Crippen molar-refractivity contribution < 1.29 is 18.7 Å². The minimum absolute atomic E-state index is 0.107. The summed E-state index contributed by atoms with van der Waals surface area (Å²) in [5.41, 5.74) is 4.89. The van der Waals surface area contributed by atoms with Gasteiger partial charge in [0.1, 0.15) is 12.0 Å². The predicted octanol–water partition coefficient (Wildman–Crippen LogP) is 5.61. The average molecular weight is 516 g/mol. The first kappa shape index (κ1) is 26.0. The number of hydrogen-bond acceptors (Lipinski definition) is 5. The van der Waals surface area contributed by atoms with Gasteiger partial charge < -0.3 is 19.4 Å². The van der Waals surface area contributed by atoms with Crippen LogP contribution in [0.25, 0.3) is 0 Å². The van der Waals surface area contributed by atoms with E-state index >= 15 is 0 Å². The fourth-order valence-corrected chi connectivity index (χ4v) is 5.45. The number of nitrogens with one attached hydrogen (secondary N) is 1. The number of rotatable bonds is 8. The molecule has 38 heavy (non-hydrogen) atoms. The quantitative estimate of drug-likeness (QED) is 0.421. The van der Waals surface area contributed by atoms with Crippen LogP contribution in [-0.4, -0.2) is 34.8 Å². The van der Waals surface area contributed by atoms with E-state index in [1.165, 1.54) is 17.4 Å². The van der Waals surface area contributed by atoms with Crippen LogP contribution in [0.1, 0.15) is 84.2 Å². The van der Waals surface area contributed by atoms with Crippen LogP contribution in [0.5, 0.6) is 5.75 Å². The molecule has 0 bridgehead atoms. The van der Waals surface area contributed by atoms with E-state index in [0.717, 1.165) is 49.8 Å². The molecule has 2 aliphatic rings. The molecule has 0 unspecified atom stereocenters. The van der Waals surface area contributed by atoms with Gasteiger partial charge in [0.15, 0.2) is 12.3 Å². The van der Waals surface area contributed by atoms with Crippen LogP contribution in [0.3, 0.4) is 0 Å². The number of aromatic nitrogens is 1. The van der Waals surface area contributed by atoms with Crippen LogP contribution < -0.4 is 10.1 Å². The Kier molecular flexibility index (Phi) is 7.82. The summed E-state index contributed by atoms with van der Waals surface area (Å²) in [5.74, 6) is 1.51. The number of oxazole rings is 1. The van der Waals surface area contributed by atoms with Gasteiger partial charge in [0.05, 0.1) is 6.04 Å². The van der Waals surface area contributed by atoms with Crippen molar-refractivity contribution in [2.75, 3.05) is 13.1 Å². The second-order valence-electron chi connectivity index (χ2n) is 11.0. The van der Waals surface area contributed by atoms with Crippen molar-refractivity contribution in [3.8, 4) is 5.75 Å². The van der Waals surface area contributed by atoms with Gasteiger partial charge in [0, 0.05) is 19.0 Å². The lowest BCUT2D eigenvalue weighted by atomic mass is 9.86. The topological polar surface area (TPSA) is 84.7 Å². The zero-order chi connectivity index (χ0) is 26.6. The summed E-state index contributed by atoms with van der Waals surface area (Å²) >= 11 is 0. The lowest BCUT2D eigenvalue weighted by Gasteiger charge is -2.39. The number of benzene rings is 2. The van der Waals surface area contributed by atoms with Gasteiger partial charge in [-0.05, 0) is 60.9 Å². The largest absolute Gasteiger partial charge is 0.484 e. The Labute approximate surface area is 224 Å². The van der Waals surface area contributed by atoms with Crippen molar-refractivity contribution in [1.29, 1.82) is 0 Å². The lowest BCUT2D eigenvalue weighted by molar-refractivity contribution is -0.137. The number of nitrogens with zero attached hydrogens (tertiary/aromatic N) is 2. The van der Waals surface area contributed by atoms with E-state index in [9.17, 15) is 9.59 Å². The minimum Gasteiger partial charge on any atom is -0.484 e. The zero-order valence-corrected chi connectivity index (χ0v) is 22.5. The molecule has 2 aromatic carbocycles. The van der Waals surface area contributed by atoms with Crippen molar-refractivity contribution >= 4 is 11.8 Å². The molecule has 1 aromatic heterocycles. The number of carbonyl (C=O) groups is 2. The summed E-state index contributed by atoms with van der Waals surface area (Å²) in [5, 5.41) is 2.84. The van der Waals surface area contributed by atoms with Crippen molar-refractivity contribution in [3.63, 3.8) is 0 Å². The Morgan fingerprint density at radius 3 is 2.63 bits per heavy atom. The van der Waals surface area contributed by atoms with E-state index in [4.69, 9.17) is 9.15 Å². The Morgan fingerprint density at radius 1 is 1.13 bits per heavy atom. The van der Waals surface area contributed by atoms with E-state index < -0.39 is 0 Å². The highest BCUT2D eigenvalue weighted by Crippen LogP contribution is 2.39.